The van der Waals surface area contributed by atoms with E-state index in [4.69, 9.17) is 4.74 Å². The molecule has 0 unspecified atom stereocenters. The molecule has 0 bridgehead atoms. The third-order valence-corrected chi connectivity index (χ3v) is 6.58. The van der Waals surface area contributed by atoms with Crippen LogP contribution in [0, 0.1) is 11.8 Å². The summed E-state index contributed by atoms with van der Waals surface area (Å²) in [6.07, 6.45) is 5.88. The lowest BCUT2D eigenvalue weighted by Crippen LogP contribution is -2.39. The Morgan fingerprint density at radius 2 is 1.90 bits per heavy atom. The third kappa shape index (κ3) is 4.79. The van der Waals surface area contributed by atoms with Gasteiger partial charge < -0.3 is 15.0 Å². The van der Waals surface area contributed by atoms with Gasteiger partial charge >= 0.3 is 0 Å². The monoisotopic (exact) mass is 425 g/mol. The lowest BCUT2D eigenvalue weighted by atomic mass is 9.77. The number of ether oxygens (including phenoxy) is 1. The van der Waals surface area contributed by atoms with Crippen molar-refractivity contribution >= 4 is 11.8 Å². The zero-order chi connectivity index (χ0) is 21.8. The fraction of sp³-hybridized carbons (Fsp3) is 0.565. The van der Waals surface area contributed by atoms with E-state index in [-0.39, 0.29) is 30.5 Å². The van der Waals surface area contributed by atoms with Gasteiger partial charge in [-0.25, -0.2) is 4.68 Å². The first-order chi connectivity index (χ1) is 15.1. The number of carbonyl (C=O) groups excluding carboxylic acids is 2. The van der Waals surface area contributed by atoms with Crippen LogP contribution < -0.4 is 5.32 Å². The summed E-state index contributed by atoms with van der Waals surface area (Å²) < 4.78 is 7.77. The maximum Gasteiger partial charge on any atom is 0.251 e. The average molecular weight is 426 g/mol. The number of methoxy groups -OCH3 is 1. The molecule has 2 heterocycles. The van der Waals surface area contributed by atoms with Gasteiger partial charge in [0.05, 0.1) is 24.4 Å². The number of aromatic nitrogens is 3. The maximum atomic E-state index is 12.8. The molecular weight excluding hydrogens is 394 g/mol. The number of nitrogens with zero attached hydrogens (tertiary/aromatic N) is 4. The molecule has 1 saturated heterocycles. The van der Waals surface area contributed by atoms with E-state index in [0.717, 1.165) is 37.9 Å². The summed E-state index contributed by atoms with van der Waals surface area (Å²) in [6.45, 7) is 3.59. The Labute approximate surface area is 182 Å². The summed E-state index contributed by atoms with van der Waals surface area (Å²) in [7, 11) is 1.75. The van der Waals surface area contributed by atoms with Crippen LogP contribution in [0.25, 0.3) is 0 Å². The Hall–Kier alpha value is -2.74. The Morgan fingerprint density at radius 3 is 2.61 bits per heavy atom. The first-order valence-electron chi connectivity index (χ1n) is 11.1. The Balaban J connectivity index is 1.35. The molecular formula is C23H31N5O3. The molecule has 8 nitrogen and oxygen atoms in total. The fourth-order valence-corrected chi connectivity index (χ4v) is 4.93. The molecule has 1 aliphatic heterocycles. The van der Waals surface area contributed by atoms with Crippen LogP contribution in [0.3, 0.4) is 0 Å². The summed E-state index contributed by atoms with van der Waals surface area (Å²) >= 11 is 0. The highest BCUT2D eigenvalue weighted by Crippen LogP contribution is 2.42. The van der Waals surface area contributed by atoms with Crippen LogP contribution in [0.2, 0.25) is 0 Å². The second kappa shape index (κ2) is 9.60. The SMILES string of the molecule is CCCc1cn([C@@H]2C[C@@H]3CN(C(=O)CNC(=O)c4ccccc4)C[C@@H]3C[C@H]2OC)nn1. The van der Waals surface area contributed by atoms with Gasteiger partial charge in [0.1, 0.15) is 0 Å². The minimum absolute atomic E-state index is 0.0216. The molecule has 4 atom stereocenters. The van der Waals surface area contributed by atoms with Gasteiger partial charge in [-0.15, -0.1) is 5.10 Å². The van der Waals surface area contributed by atoms with Gasteiger partial charge in [0.15, 0.2) is 0 Å². The predicted octanol–water partition coefficient (Wildman–Crippen LogP) is 2.09. The molecule has 1 aromatic heterocycles. The number of amides is 2. The lowest BCUT2D eigenvalue weighted by molar-refractivity contribution is -0.129. The number of fused-ring (bicyclic) bond motifs is 1. The van der Waals surface area contributed by atoms with Gasteiger partial charge in [-0.05, 0) is 43.2 Å². The fourth-order valence-electron chi connectivity index (χ4n) is 4.93. The standard InChI is InChI=1S/C23H31N5O3/c1-3-7-19-15-28(26-25-19)20-10-17-13-27(14-18(17)11-21(20)31-2)22(29)12-24-23(30)16-8-5-4-6-9-16/h4-6,8-9,15,17-18,20-21H,3,7,10-14H2,1-2H3,(H,24,30)/t17-,18+,20-,21-/m1/s1. The molecule has 2 aromatic rings. The first-order valence-corrected chi connectivity index (χ1v) is 11.1. The van der Waals surface area contributed by atoms with Gasteiger partial charge in [-0.1, -0.05) is 36.8 Å². The molecule has 31 heavy (non-hydrogen) atoms. The van der Waals surface area contributed by atoms with Crippen molar-refractivity contribution in [3.05, 3.63) is 47.8 Å². The van der Waals surface area contributed by atoms with E-state index in [1.54, 1.807) is 19.2 Å². The second-order valence-electron chi connectivity index (χ2n) is 8.62. The molecule has 0 radical (unpaired) electrons. The van der Waals surface area contributed by atoms with E-state index >= 15 is 0 Å². The molecule has 2 aliphatic rings. The van der Waals surface area contributed by atoms with Crippen LogP contribution in [-0.4, -0.2) is 64.6 Å². The van der Waals surface area contributed by atoms with Gasteiger partial charge in [-0.3, -0.25) is 9.59 Å². The summed E-state index contributed by atoms with van der Waals surface area (Å²) in [6, 6.07) is 9.10. The zero-order valence-corrected chi connectivity index (χ0v) is 18.2. The summed E-state index contributed by atoms with van der Waals surface area (Å²) in [5, 5.41) is 11.4. The first kappa shape index (κ1) is 21.5. The van der Waals surface area contributed by atoms with Crippen LogP contribution in [0.5, 0.6) is 0 Å². The molecule has 8 heteroatoms. The number of hydrogen-bond donors (Lipinski definition) is 1. The van der Waals surface area contributed by atoms with Gasteiger partial charge in [0.25, 0.3) is 5.91 Å². The third-order valence-electron chi connectivity index (χ3n) is 6.58. The largest absolute Gasteiger partial charge is 0.379 e. The molecule has 2 amide bonds. The van der Waals surface area contributed by atoms with Crippen molar-refractivity contribution in [1.82, 2.24) is 25.2 Å². The molecule has 2 fully saturated rings. The predicted molar refractivity (Wildman–Crippen MR) is 115 cm³/mol. The number of hydrogen-bond acceptors (Lipinski definition) is 5. The van der Waals surface area contributed by atoms with E-state index < -0.39 is 0 Å². The van der Waals surface area contributed by atoms with Crippen molar-refractivity contribution in [2.45, 2.75) is 44.8 Å². The van der Waals surface area contributed by atoms with Crippen LogP contribution in [0.15, 0.2) is 36.5 Å². The Kier molecular flexibility index (Phi) is 6.65. The average Bonchev–Trinajstić information content (AvgIpc) is 3.43. The highest BCUT2D eigenvalue weighted by molar-refractivity contribution is 5.96. The topological polar surface area (TPSA) is 89.4 Å². The number of aryl methyl sites for hydroxylation is 1. The van der Waals surface area contributed by atoms with E-state index in [2.05, 4.69) is 22.6 Å². The van der Waals surface area contributed by atoms with Crippen LogP contribution >= 0.6 is 0 Å². The number of carbonyl (C=O) groups is 2. The van der Waals surface area contributed by atoms with Crippen molar-refractivity contribution in [3.8, 4) is 0 Å². The maximum absolute atomic E-state index is 12.8. The molecule has 0 spiro atoms. The summed E-state index contributed by atoms with van der Waals surface area (Å²) in [5.74, 6) is 0.562. The minimum atomic E-state index is -0.223. The molecule has 4 rings (SSSR count). The summed E-state index contributed by atoms with van der Waals surface area (Å²) in [4.78, 5) is 26.9. The second-order valence-corrected chi connectivity index (χ2v) is 8.62. The highest BCUT2D eigenvalue weighted by atomic mass is 16.5. The van der Waals surface area contributed by atoms with Crippen molar-refractivity contribution in [2.75, 3.05) is 26.7 Å². The normalized spacial score (nSPS) is 25.3. The number of rotatable bonds is 7. The molecule has 1 aliphatic carbocycles. The number of benzene rings is 1. The Morgan fingerprint density at radius 1 is 1.16 bits per heavy atom. The van der Waals surface area contributed by atoms with Crippen molar-refractivity contribution in [2.24, 2.45) is 11.8 Å². The van der Waals surface area contributed by atoms with Crippen LogP contribution in [0.1, 0.15) is 48.3 Å². The number of nitrogens with one attached hydrogen (secondary N) is 1. The van der Waals surface area contributed by atoms with E-state index in [1.807, 2.05) is 34.0 Å². The lowest BCUT2D eigenvalue weighted by Gasteiger charge is -2.36. The van der Waals surface area contributed by atoms with Gasteiger partial charge in [-0.2, -0.15) is 0 Å². The molecule has 1 saturated carbocycles. The zero-order valence-electron chi connectivity index (χ0n) is 18.2. The quantitative estimate of drug-likeness (QED) is 0.734. The van der Waals surface area contributed by atoms with Gasteiger partial charge in [0, 0.05) is 32.0 Å². The Bertz CT molecular complexity index is 900. The smallest absolute Gasteiger partial charge is 0.251 e. The van der Waals surface area contributed by atoms with Crippen molar-refractivity contribution < 1.29 is 14.3 Å². The minimum Gasteiger partial charge on any atom is -0.379 e. The number of likely N-dealkylation sites (tertiary alicyclic amines) is 1. The highest BCUT2D eigenvalue weighted by Gasteiger charge is 2.44. The van der Waals surface area contributed by atoms with E-state index in [0.29, 0.717) is 23.9 Å². The van der Waals surface area contributed by atoms with Crippen molar-refractivity contribution in [3.63, 3.8) is 0 Å². The molecule has 1 N–H and O–H groups in total. The van der Waals surface area contributed by atoms with E-state index in [9.17, 15) is 9.59 Å². The molecule has 1 aromatic carbocycles. The summed E-state index contributed by atoms with van der Waals surface area (Å²) in [5.41, 5.74) is 1.57. The van der Waals surface area contributed by atoms with Gasteiger partial charge in [0.2, 0.25) is 5.91 Å². The van der Waals surface area contributed by atoms with E-state index in [1.165, 1.54) is 0 Å². The van der Waals surface area contributed by atoms with Crippen LogP contribution in [0.4, 0.5) is 0 Å². The van der Waals surface area contributed by atoms with Crippen LogP contribution in [-0.2, 0) is 16.0 Å². The van der Waals surface area contributed by atoms with Crippen molar-refractivity contribution in [1.29, 1.82) is 0 Å². The molecule has 166 valence electrons.